The molecular weight excluding hydrogens is 257 g/mol. The molecule has 18 heavy (non-hydrogen) atoms. The van der Waals surface area contributed by atoms with E-state index in [1.54, 1.807) is 0 Å². The maximum absolute atomic E-state index is 13.5. The molecule has 2 rings (SSSR count). The van der Waals surface area contributed by atoms with Gasteiger partial charge in [0.05, 0.1) is 16.8 Å². The van der Waals surface area contributed by atoms with Gasteiger partial charge in [-0.05, 0) is 19.1 Å². The molecule has 2 aromatic rings. The number of nitrogens with zero attached hydrogens (tertiary/aromatic N) is 1. The fraction of sp³-hybridized carbons (Fsp3) is 0.0769. The second-order valence-corrected chi connectivity index (χ2v) is 4.05. The molecule has 0 amide bonds. The molecule has 0 unspecified atom stereocenters. The largest absolute Gasteiger partial charge is 0.455 e. The van der Waals surface area contributed by atoms with Crippen LogP contribution in [0.1, 0.15) is 17.3 Å². The van der Waals surface area contributed by atoms with E-state index in [1.165, 1.54) is 43.6 Å². The third kappa shape index (κ3) is 2.65. The number of hydrogen-bond donors (Lipinski definition) is 0. The van der Waals surface area contributed by atoms with E-state index in [1.807, 2.05) is 0 Å². The SMILES string of the molecule is CC(=O)c1c(F)cccc1Oc1cncc(Cl)c1. The second-order valence-electron chi connectivity index (χ2n) is 3.61. The Labute approximate surface area is 108 Å². The van der Waals surface area contributed by atoms with Crippen LogP contribution in [0.4, 0.5) is 4.39 Å². The summed E-state index contributed by atoms with van der Waals surface area (Å²) in [5.74, 6) is -0.532. The van der Waals surface area contributed by atoms with Gasteiger partial charge in [0.15, 0.2) is 5.78 Å². The highest BCUT2D eigenvalue weighted by molar-refractivity contribution is 6.30. The van der Waals surface area contributed by atoms with Crippen molar-refractivity contribution in [2.45, 2.75) is 6.92 Å². The minimum Gasteiger partial charge on any atom is -0.455 e. The molecule has 0 fully saturated rings. The molecule has 0 aliphatic rings. The smallest absolute Gasteiger partial charge is 0.166 e. The zero-order chi connectivity index (χ0) is 13.1. The third-order valence-electron chi connectivity index (χ3n) is 2.24. The molecule has 0 spiro atoms. The van der Waals surface area contributed by atoms with Gasteiger partial charge in [0.25, 0.3) is 0 Å². The normalized spacial score (nSPS) is 10.2. The zero-order valence-corrected chi connectivity index (χ0v) is 10.2. The molecule has 0 radical (unpaired) electrons. The van der Waals surface area contributed by atoms with Gasteiger partial charge in [-0.1, -0.05) is 17.7 Å². The van der Waals surface area contributed by atoms with E-state index in [0.29, 0.717) is 10.8 Å². The van der Waals surface area contributed by atoms with E-state index in [4.69, 9.17) is 16.3 Å². The number of aromatic nitrogens is 1. The quantitative estimate of drug-likeness (QED) is 0.791. The Morgan fingerprint density at radius 1 is 1.39 bits per heavy atom. The number of pyridine rings is 1. The molecule has 3 nitrogen and oxygen atoms in total. The van der Waals surface area contributed by atoms with Gasteiger partial charge in [-0.3, -0.25) is 9.78 Å². The molecule has 0 bridgehead atoms. The van der Waals surface area contributed by atoms with Gasteiger partial charge in [0.2, 0.25) is 0 Å². The summed E-state index contributed by atoms with van der Waals surface area (Å²) in [7, 11) is 0. The summed E-state index contributed by atoms with van der Waals surface area (Å²) >= 11 is 5.76. The number of ketones is 1. The number of Topliss-reactive ketones (excluding diaryl/α,β-unsaturated/α-hetero) is 1. The van der Waals surface area contributed by atoms with Gasteiger partial charge in [-0.15, -0.1) is 0 Å². The number of hydrogen-bond acceptors (Lipinski definition) is 3. The van der Waals surface area contributed by atoms with Crippen LogP contribution in [-0.4, -0.2) is 10.8 Å². The molecule has 0 saturated heterocycles. The Balaban J connectivity index is 2.40. The van der Waals surface area contributed by atoms with Gasteiger partial charge >= 0.3 is 0 Å². The van der Waals surface area contributed by atoms with E-state index in [-0.39, 0.29) is 11.3 Å². The van der Waals surface area contributed by atoms with Gasteiger partial charge in [-0.25, -0.2) is 4.39 Å². The van der Waals surface area contributed by atoms with Crippen LogP contribution in [0.25, 0.3) is 0 Å². The van der Waals surface area contributed by atoms with Gasteiger partial charge < -0.3 is 4.74 Å². The molecule has 0 aliphatic carbocycles. The van der Waals surface area contributed by atoms with E-state index >= 15 is 0 Å². The minimum absolute atomic E-state index is 0.0857. The van der Waals surface area contributed by atoms with Crippen molar-refractivity contribution in [3.63, 3.8) is 0 Å². The van der Waals surface area contributed by atoms with Crippen LogP contribution in [0.2, 0.25) is 5.02 Å². The van der Waals surface area contributed by atoms with Crippen LogP contribution >= 0.6 is 11.6 Å². The van der Waals surface area contributed by atoms with Crippen molar-refractivity contribution in [3.05, 3.63) is 53.1 Å². The lowest BCUT2D eigenvalue weighted by molar-refractivity contribution is 0.101. The van der Waals surface area contributed by atoms with Gasteiger partial charge in [0, 0.05) is 12.3 Å². The first-order valence-electron chi connectivity index (χ1n) is 5.16. The van der Waals surface area contributed by atoms with Crippen LogP contribution in [0.15, 0.2) is 36.7 Å². The average Bonchev–Trinajstić information content (AvgIpc) is 2.28. The Bertz CT molecular complexity index is 601. The molecule has 0 saturated carbocycles. The molecule has 1 heterocycles. The lowest BCUT2D eigenvalue weighted by atomic mass is 10.1. The monoisotopic (exact) mass is 265 g/mol. The first kappa shape index (κ1) is 12.5. The summed E-state index contributed by atoms with van der Waals surface area (Å²) in [6.07, 6.45) is 2.88. The molecule has 0 aliphatic heterocycles. The second kappa shape index (κ2) is 5.14. The maximum Gasteiger partial charge on any atom is 0.166 e. The van der Waals surface area contributed by atoms with E-state index in [2.05, 4.69) is 4.98 Å². The van der Waals surface area contributed by atoms with Crippen molar-refractivity contribution in [3.8, 4) is 11.5 Å². The molecule has 1 aromatic carbocycles. The predicted octanol–water partition coefficient (Wildman–Crippen LogP) is 3.87. The summed E-state index contributed by atoms with van der Waals surface area (Å²) < 4.78 is 19.0. The lowest BCUT2D eigenvalue weighted by Gasteiger charge is -2.09. The van der Waals surface area contributed by atoms with Crippen molar-refractivity contribution < 1.29 is 13.9 Å². The number of halogens is 2. The summed E-state index contributed by atoms with van der Waals surface area (Å²) in [6, 6.07) is 5.72. The molecule has 0 N–H and O–H groups in total. The Morgan fingerprint density at radius 2 is 2.17 bits per heavy atom. The number of ether oxygens (including phenoxy) is 1. The summed E-state index contributed by atoms with van der Waals surface area (Å²) in [5.41, 5.74) is -0.0857. The third-order valence-corrected chi connectivity index (χ3v) is 2.44. The fourth-order valence-electron chi connectivity index (χ4n) is 1.51. The number of carbonyl (C=O) groups is 1. The van der Waals surface area contributed by atoms with Crippen LogP contribution in [0.3, 0.4) is 0 Å². The van der Waals surface area contributed by atoms with Crippen LogP contribution in [-0.2, 0) is 0 Å². The predicted molar refractivity (Wildman–Crippen MR) is 65.7 cm³/mol. The van der Waals surface area contributed by atoms with Crippen molar-refractivity contribution >= 4 is 17.4 Å². The highest BCUT2D eigenvalue weighted by Gasteiger charge is 2.14. The van der Waals surface area contributed by atoms with Crippen molar-refractivity contribution in [2.24, 2.45) is 0 Å². The highest BCUT2D eigenvalue weighted by Crippen LogP contribution is 2.28. The first-order valence-corrected chi connectivity index (χ1v) is 5.53. The maximum atomic E-state index is 13.5. The minimum atomic E-state index is -0.616. The Kier molecular flexibility index (Phi) is 3.58. The standard InChI is InChI=1S/C13H9ClFNO2/c1-8(17)13-11(15)3-2-4-12(13)18-10-5-9(14)6-16-7-10/h2-7H,1H3. The number of rotatable bonds is 3. The number of benzene rings is 1. The van der Waals surface area contributed by atoms with E-state index in [0.717, 1.165) is 0 Å². The molecule has 0 atom stereocenters. The van der Waals surface area contributed by atoms with E-state index in [9.17, 15) is 9.18 Å². The zero-order valence-electron chi connectivity index (χ0n) is 9.48. The Morgan fingerprint density at radius 3 is 2.83 bits per heavy atom. The van der Waals surface area contributed by atoms with Crippen molar-refractivity contribution in [2.75, 3.05) is 0 Å². The summed E-state index contributed by atoms with van der Waals surface area (Å²) in [5, 5.41) is 0.397. The molecule has 92 valence electrons. The topological polar surface area (TPSA) is 39.2 Å². The Hall–Kier alpha value is -1.94. The fourth-order valence-corrected chi connectivity index (χ4v) is 1.67. The highest BCUT2D eigenvalue weighted by atomic mass is 35.5. The van der Waals surface area contributed by atoms with E-state index < -0.39 is 11.6 Å². The molecule has 5 heteroatoms. The van der Waals surface area contributed by atoms with Crippen molar-refractivity contribution in [1.29, 1.82) is 0 Å². The first-order chi connectivity index (χ1) is 8.58. The van der Waals surface area contributed by atoms with Crippen LogP contribution in [0, 0.1) is 5.82 Å². The summed E-state index contributed by atoms with van der Waals surface area (Å²) in [6.45, 7) is 1.28. The van der Waals surface area contributed by atoms with Crippen LogP contribution < -0.4 is 4.74 Å². The molecular formula is C13H9ClFNO2. The van der Waals surface area contributed by atoms with Gasteiger partial charge in [0.1, 0.15) is 17.3 Å². The van der Waals surface area contributed by atoms with Gasteiger partial charge in [-0.2, -0.15) is 0 Å². The van der Waals surface area contributed by atoms with Crippen molar-refractivity contribution in [1.82, 2.24) is 4.98 Å². The summed E-state index contributed by atoms with van der Waals surface area (Å²) in [4.78, 5) is 15.2. The average molecular weight is 266 g/mol. The molecule has 1 aromatic heterocycles. The van der Waals surface area contributed by atoms with Crippen LogP contribution in [0.5, 0.6) is 11.5 Å². The number of carbonyl (C=O) groups excluding carboxylic acids is 1. The lowest BCUT2D eigenvalue weighted by Crippen LogP contribution is -2.00.